The van der Waals surface area contributed by atoms with Gasteiger partial charge in [-0.15, -0.1) is 0 Å². The van der Waals surface area contributed by atoms with Crippen molar-refractivity contribution in [3.8, 4) is 0 Å². The van der Waals surface area contributed by atoms with Gasteiger partial charge >= 0.3 is 5.97 Å². The largest absolute Gasteiger partial charge is 0.468 e. The lowest BCUT2D eigenvalue weighted by molar-refractivity contribution is -0.141. The van der Waals surface area contributed by atoms with Crippen LogP contribution in [0.4, 0.5) is 5.69 Å². The number of anilines is 1. The van der Waals surface area contributed by atoms with E-state index in [9.17, 15) is 9.59 Å². The highest BCUT2D eigenvalue weighted by Gasteiger charge is 2.20. The van der Waals surface area contributed by atoms with Crippen LogP contribution >= 0.6 is 15.9 Å². The van der Waals surface area contributed by atoms with Gasteiger partial charge in [-0.3, -0.25) is 9.59 Å². The van der Waals surface area contributed by atoms with Crippen LogP contribution in [-0.4, -0.2) is 37.0 Å². The molecular weight excluding hydrogens is 312 g/mol. The Bertz CT molecular complexity index is 477. The highest BCUT2D eigenvalue weighted by Crippen LogP contribution is 2.20. The van der Waals surface area contributed by atoms with Crippen molar-refractivity contribution >= 4 is 33.5 Å². The fourth-order valence-electron chi connectivity index (χ4n) is 1.64. The molecule has 0 aromatic heterocycles. The summed E-state index contributed by atoms with van der Waals surface area (Å²) in [7, 11) is 1.30. The Balaban J connectivity index is 2.95. The summed E-state index contributed by atoms with van der Waals surface area (Å²) in [4.78, 5) is 25.1. The summed E-state index contributed by atoms with van der Waals surface area (Å²) in [6.07, 6.45) is 0.749. The lowest BCUT2D eigenvalue weighted by Crippen LogP contribution is -2.37. The Morgan fingerprint density at radius 2 is 2.11 bits per heavy atom. The number of hydrogen-bond acceptors (Lipinski definition) is 4. The normalized spacial score (nSPS) is 10.1. The Kier molecular flexibility index (Phi) is 5.82. The summed E-state index contributed by atoms with van der Waals surface area (Å²) in [6.45, 7) is 2.34. The number of benzene rings is 1. The van der Waals surface area contributed by atoms with Gasteiger partial charge in [-0.1, -0.05) is 22.9 Å². The third kappa shape index (κ3) is 4.24. The summed E-state index contributed by atoms with van der Waals surface area (Å²) < 4.78 is 5.39. The van der Waals surface area contributed by atoms with E-state index in [1.165, 1.54) is 12.0 Å². The SMILES string of the molecule is CCCN(CC(=O)OC)C(=O)c1ccc(Br)cc1N. The van der Waals surface area contributed by atoms with E-state index >= 15 is 0 Å². The van der Waals surface area contributed by atoms with Crippen molar-refractivity contribution in [2.75, 3.05) is 25.9 Å². The van der Waals surface area contributed by atoms with Gasteiger partial charge in [-0.25, -0.2) is 0 Å². The number of carbonyl (C=O) groups is 2. The maximum absolute atomic E-state index is 12.3. The molecule has 0 aliphatic carbocycles. The van der Waals surface area contributed by atoms with Gasteiger partial charge in [0.15, 0.2) is 0 Å². The fourth-order valence-corrected chi connectivity index (χ4v) is 2.02. The van der Waals surface area contributed by atoms with Crippen LogP contribution in [0.2, 0.25) is 0 Å². The topological polar surface area (TPSA) is 72.6 Å². The van der Waals surface area contributed by atoms with Crippen LogP contribution in [0.15, 0.2) is 22.7 Å². The molecule has 1 aromatic carbocycles. The molecule has 19 heavy (non-hydrogen) atoms. The quantitative estimate of drug-likeness (QED) is 0.663. The van der Waals surface area contributed by atoms with Crippen LogP contribution in [0.3, 0.4) is 0 Å². The molecule has 1 rings (SSSR count). The molecule has 0 saturated heterocycles. The number of hydrogen-bond donors (Lipinski definition) is 1. The number of amides is 1. The number of rotatable bonds is 5. The molecule has 0 aliphatic heterocycles. The van der Waals surface area contributed by atoms with Crippen LogP contribution in [0.1, 0.15) is 23.7 Å². The van der Waals surface area contributed by atoms with Crippen LogP contribution in [0, 0.1) is 0 Å². The van der Waals surface area contributed by atoms with E-state index in [0.717, 1.165) is 10.9 Å². The minimum absolute atomic E-state index is 0.0708. The van der Waals surface area contributed by atoms with E-state index in [2.05, 4.69) is 20.7 Å². The Labute approximate surface area is 120 Å². The van der Waals surface area contributed by atoms with Crippen molar-refractivity contribution in [3.05, 3.63) is 28.2 Å². The average Bonchev–Trinajstić information content (AvgIpc) is 2.37. The van der Waals surface area contributed by atoms with E-state index in [-0.39, 0.29) is 12.5 Å². The predicted molar refractivity (Wildman–Crippen MR) is 76.8 cm³/mol. The van der Waals surface area contributed by atoms with Crippen molar-refractivity contribution in [2.24, 2.45) is 0 Å². The molecule has 0 bridgehead atoms. The highest BCUT2D eigenvalue weighted by molar-refractivity contribution is 9.10. The number of methoxy groups -OCH3 is 1. The molecule has 0 saturated carbocycles. The standard InChI is InChI=1S/C13H17BrN2O3/c1-3-6-16(8-12(17)19-2)13(18)10-5-4-9(14)7-11(10)15/h4-5,7H,3,6,8,15H2,1-2H3. The van der Waals surface area contributed by atoms with Gasteiger partial charge in [0.05, 0.1) is 12.7 Å². The number of esters is 1. The maximum atomic E-state index is 12.3. The average molecular weight is 329 g/mol. The van der Waals surface area contributed by atoms with Crippen LogP contribution in [-0.2, 0) is 9.53 Å². The molecule has 2 N–H and O–H groups in total. The van der Waals surface area contributed by atoms with Crippen LogP contribution in [0.25, 0.3) is 0 Å². The molecule has 0 aliphatic rings. The maximum Gasteiger partial charge on any atom is 0.325 e. The summed E-state index contributed by atoms with van der Waals surface area (Å²) in [6, 6.07) is 5.04. The second kappa shape index (κ2) is 7.13. The van der Waals surface area contributed by atoms with Gasteiger partial charge in [0.25, 0.3) is 5.91 Å². The van der Waals surface area contributed by atoms with Gasteiger partial charge in [-0.05, 0) is 24.6 Å². The van der Waals surface area contributed by atoms with Gasteiger partial charge < -0.3 is 15.4 Å². The monoisotopic (exact) mass is 328 g/mol. The molecular formula is C13H17BrN2O3. The second-order valence-electron chi connectivity index (χ2n) is 4.03. The van der Waals surface area contributed by atoms with Gasteiger partial charge in [0, 0.05) is 16.7 Å². The van der Waals surface area contributed by atoms with E-state index in [1.807, 2.05) is 6.92 Å². The molecule has 6 heteroatoms. The third-order valence-corrected chi connectivity index (χ3v) is 3.07. The summed E-state index contributed by atoms with van der Waals surface area (Å²) in [5, 5.41) is 0. The third-order valence-electron chi connectivity index (χ3n) is 2.57. The zero-order valence-corrected chi connectivity index (χ0v) is 12.6. The molecule has 5 nitrogen and oxygen atoms in total. The second-order valence-corrected chi connectivity index (χ2v) is 4.95. The molecule has 0 atom stereocenters. The van der Waals surface area contributed by atoms with Gasteiger partial charge in [0.2, 0.25) is 0 Å². The molecule has 1 amide bonds. The zero-order valence-electron chi connectivity index (χ0n) is 11.0. The summed E-state index contributed by atoms with van der Waals surface area (Å²) in [5.74, 6) is -0.713. The fraction of sp³-hybridized carbons (Fsp3) is 0.385. The molecule has 0 fully saturated rings. The first-order valence-electron chi connectivity index (χ1n) is 5.90. The molecule has 0 unspecified atom stereocenters. The first kappa shape index (κ1) is 15.5. The molecule has 0 heterocycles. The minimum atomic E-state index is -0.447. The van der Waals surface area contributed by atoms with Gasteiger partial charge in [0.1, 0.15) is 6.54 Å². The number of nitrogen functional groups attached to an aromatic ring is 1. The predicted octanol–water partition coefficient (Wildman–Crippen LogP) is 2.06. The first-order valence-corrected chi connectivity index (χ1v) is 6.70. The van der Waals surface area contributed by atoms with E-state index < -0.39 is 5.97 Å². The van der Waals surface area contributed by atoms with Crippen molar-refractivity contribution in [3.63, 3.8) is 0 Å². The zero-order chi connectivity index (χ0) is 14.4. The van der Waals surface area contributed by atoms with Gasteiger partial charge in [-0.2, -0.15) is 0 Å². The van der Waals surface area contributed by atoms with Crippen LogP contribution in [0.5, 0.6) is 0 Å². The van der Waals surface area contributed by atoms with Crippen molar-refractivity contribution in [1.29, 1.82) is 0 Å². The van der Waals surface area contributed by atoms with E-state index in [1.54, 1.807) is 18.2 Å². The smallest absolute Gasteiger partial charge is 0.325 e. The van der Waals surface area contributed by atoms with E-state index in [4.69, 9.17) is 5.73 Å². The highest BCUT2D eigenvalue weighted by atomic mass is 79.9. The lowest BCUT2D eigenvalue weighted by Gasteiger charge is -2.21. The number of halogens is 1. The van der Waals surface area contributed by atoms with Crippen LogP contribution < -0.4 is 5.73 Å². The minimum Gasteiger partial charge on any atom is -0.468 e. The summed E-state index contributed by atoms with van der Waals surface area (Å²) >= 11 is 3.29. The Morgan fingerprint density at radius 3 is 2.63 bits per heavy atom. The first-order chi connectivity index (χ1) is 8.99. The summed E-state index contributed by atoms with van der Waals surface area (Å²) in [5.41, 5.74) is 6.60. The molecule has 0 spiro atoms. The number of carbonyl (C=O) groups excluding carboxylic acids is 2. The molecule has 104 valence electrons. The number of nitrogens with zero attached hydrogens (tertiary/aromatic N) is 1. The molecule has 1 aromatic rings. The van der Waals surface area contributed by atoms with E-state index in [0.29, 0.717) is 17.8 Å². The van der Waals surface area contributed by atoms with Crippen molar-refractivity contribution in [2.45, 2.75) is 13.3 Å². The number of nitrogens with two attached hydrogens (primary N) is 1. The lowest BCUT2D eigenvalue weighted by atomic mass is 10.1. The molecule has 0 radical (unpaired) electrons. The van der Waals surface area contributed by atoms with Crippen molar-refractivity contribution in [1.82, 2.24) is 4.90 Å². The Morgan fingerprint density at radius 1 is 1.42 bits per heavy atom. The van der Waals surface area contributed by atoms with Crippen molar-refractivity contribution < 1.29 is 14.3 Å². The number of ether oxygens (including phenoxy) is 1. The Hall–Kier alpha value is -1.56.